The Labute approximate surface area is 196 Å². The van der Waals surface area contributed by atoms with Crippen LogP contribution in [0.5, 0.6) is 11.5 Å². The van der Waals surface area contributed by atoms with Crippen LogP contribution in [0.2, 0.25) is 5.02 Å². The number of halogens is 1. The Morgan fingerprint density at radius 3 is 2.48 bits per heavy atom. The summed E-state index contributed by atoms with van der Waals surface area (Å²) < 4.78 is 17.8. The normalized spacial score (nSPS) is 10.8. The SMILES string of the molecule is COc1ccc(-c2cc(C(=O)Nc3c(C)nn(Cc4ccc(Cl)cc4)c3C)no2)cc1OC. The van der Waals surface area contributed by atoms with Gasteiger partial charge in [0.05, 0.1) is 37.8 Å². The zero-order chi connectivity index (χ0) is 23.5. The Morgan fingerprint density at radius 2 is 1.79 bits per heavy atom. The molecule has 0 aliphatic carbocycles. The summed E-state index contributed by atoms with van der Waals surface area (Å²) in [5.41, 5.74) is 4.10. The molecule has 2 heterocycles. The van der Waals surface area contributed by atoms with Gasteiger partial charge in [0.25, 0.3) is 5.91 Å². The monoisotopic (exact) mass is 466 g/mol. The fourth-order valence-electron chi connectivity index (χ4n) is 3.48. The molecule has 170 valence electrons. The average molecular weight is 467 g/mol. The predicted molar refractivity (Wildman–Crippen MR) is 125 cm³/mol. The molecule has 8 nitrogen and oxygen atoms in total. The van der Waals surface area contributed by atoms with E-state index in [0.717, 1.165) is 11.3 Å². The summed E-state index contributed by atoms with van der Waals surface area (Å²) in [6, 6.07) is 14.5. The van der Waals surface area contributed by atoms with Gasteiger partial charge >= 0.3 is 0 Å². The van der Waals surface area contributed by atoms with E-state index in [9.17, 15) is 4.79 Å². The molecule has 2 aromatic heterocycles. The van der Waals surface area contributed by atoms with Crippen LogP contribution in [0.25, 0.3) is 11.3 Å². The third-order valence-corrected chi connectivity index (χ3v) is 5.53. The van der Waals surface area contributed by atoms with E-state index in [1.54, 1.807) is 38.5 Å². The summed E-state index contributed by atoms with van der Waals surface area (Å²) in [7, 11) is 3.12. The molecule has 0 fully saturated rings. The number of ether oxygens (including phenoxy) is 2. The Morgan fingerprint density at radius 1 is 1.06 bits per heavy atom. The molecular weight excluding hydrogens is 444 g/mol. The minimum absolute atomic E-state index is 0.157. The zero-order valence-corrected chi connectivity index (χ0v) is 19.4. The molecule has 4 rings (SSSR count). The fourth-order valence-corrected chi connectivity index (χ4v) is 3.61. The maximum Gasteiger partial charge on any atom is 0.277 e. The Balaban J connectivity index is 1.52. The number of amides is 1. The molecule has 0 saturated carbocycles. The van der Waals surface area contributed by atoms with Crippen molar-refractivity contribution >= 4 is 23.2 Å². The number of hydrogen-bond donors (Lipinski definition) is 1. The van der Waals surface area contributed by atoms with Crippen LogP contribution in [-0.4, -0.2) is 35.1 Å². The van der Waals surface area contributed by atoms with Gasteiger partial charge in [-0.05, 0) is 49.7 Å². The van der Waals surface area contributed by atoms with E-state index in [1.807, 2.05) is 42.8 Å². The van der Waals surface area contributed by atoms with Crippen LogP contribution in [0, 0.1) is 13.8 Å². The molecular formula is C24H23ClN4O4. The summed E-state index contributed by atoms with van der Waals surface area (Å²) in [6.07, 6.45) is 0. The number of nitrogens with one attached hydrogen (secondary N) is 1. The van der Waals surface area contributed by atoms with Crippen LogP contribution < -0.4 is 14.8 Å². The highest BCUT2D eigenvalue weighted by molar-refractivity contribution is 6.30. The van der Waals surface area contributed by atoms with Gasteiger partial charge in [0.15, 0.2) is 23.0 Å². The van der Waals surface area contributed by atoms with Crippen LogP contribution in [-0.2, 0) is 6.54 Å². The molecule has 2 aromatic carbocycles. The summed E-state index contributed by atoms with van der Waals surface area (Å²) in [5.74, 6) is 1.20. The second-order valence-corrected chi connectivity index (χ2v) is 7.87. The first-order valence-corrected chi connectivity index (χ1v) is 10.6. The minimum atomic E-state index is -0.386. The van der Waals surface area contributed by atoms with E-state index in [4.69, 9.17) is 25.6 Å². The third kappa shape index (κ3) is 4.70. The molecule has 0 atom stereocenters. The number of nitrogens with zero attached hydrogens (tertiary/aromatic N) is 3. The van der Waals surface area contributed by atoms with Crippen molar-refractivity contribution in [2.45, 2.75) is 20.4 Å². The van der Waals surface area contributed by atoms with Gasteiger partial charge in [0.2, 0.25) is 0 Å². The van der Waals surface area contributed by atoms with Gasteiger partial charge in [0, 0.05) is 16.7 Å². The lowest BCUT2D eigenvalue weighted by molar-refractivity contribution is 0.101. The molecule has 33 heavy (non-hydrogen) atoms. The number of anilines is 1. The van der Waals surface area contributed by atoms with Crippen molar-refractivity contribution in [3.05, 3.63) is 76.2 Å². The van der Waals surface area contributed by atoms with Gasteiger partial charge in [-0.2, -0.15) is 5.10 Å². The largest absolute Gasteiger partial charge is 0.493 e. The van der Waals surface area contributed by atoms with E-state index in [-0.39, 0.29) is 11.6 Å². The van der Waals surface area contributed by atoms with Crippen LogP contribution in [0.1, 0.15) is 27.4 Å². The number of carbonyl (C=O) groups is 1. The highest BCUT2D eigenvalue weighted by Crippen LogP contribution is 2.32. The fraction of sp³-hybridized carbons (Fsp3) is 0.208. The van der Waals surface area contributed by atoms with Gasteiger partial charge in [-0.15, -0.1) is 0 Å². The number of hydrogen-bond acceptors (Lipinski definition) is 6. The van der Waals surface area contributed by atoms with Crippen molar-refractivity contribution in [1.82, 2.24) is 14.9 Å². The molecule has 0 bridgehead atoms. The van der Waals surface area contributed by atoms with Crippen molar-refractivity contribution in [1.29, 1.82) is 0 Å². The topological polar surface area (TPSA) is 91.4 Å². The van der Waals surface area contributed by atoms with Crippen molar-refractivity contribution in [3.8, 4) is 22.8 Å². The van der Waals surface area contributed by atoms with Gasteiger partial charge in [-0.25, -0.2) is 0 Å². The molecule has 9 heteroatoms. The van der Waals surface area contributed by atoms with Gasteiger partial charge in [-0.3, -0.25) is 9.48 Å². The molecule has 4 aromatic rings. The predicted octanol–water partition coefficient (Wildman–Crippen LogP) is 5.13. The van der Waals surface area contributed by atoms with Gasteiger partial charge < -0.3 is 19.3 Å². The van der Waals surface area contributed by atoms with Crippen LogP contribution in [0.4, 0.5) is 5.69 Å². The van der Waals surface area contributed by atoms with E-state index in [2.05, 4.69) is 15.6 Å². The number of methoxy groups -OCH3 is 2. The molecule has 1 amide bonds. The quantitative estimate of drug-likeness (QED) is 0.406. The number of rotatable bonds is 7. The van der Waals surface area contributed by atoms with Crippen molar-refractivity contribution in [2.75, 3.05) is 19.5 Å². The lowest BCUT2D eigenvalue weighted by Crippen LogP contribution is -2.13. The maximum absolute atomic E-state index is 12.9. The van der Waals surface area contributed by atoms with E-state index in [0.29, 0.717) is 45.8 Å². The third-order valence-electron chi connectivity index (χ3n) is 5.28. The van der Waals surface area contributed by atoms with Crippen LogP contribution in [0.3, 0.4) is 0 Å². The molecule has 0 saturated heterocycles. The summed E-state index contributed by atoms with van der Waals surface area (Å²) in [6.45, 7) is 4.31. The highest BCUT2D eigenvalue weighted by atomic mass is 35.5. The van der Waals surface area contributed by atoms with E-state index >= 15 is 0 Å². The first kappa shape index (κ1) is 22.4. The van der Waals surface area contributed by atoms with E-state index < -0.39 is 0 Å². The minimum Gasteiger partial charge on any atom is -0.493 e. The highest BCUT2D eigenvalue weighted by Gasteiger charge is 2.19. The first-order chi connectivity index (χ1) is 15.9. The average Bonchev–Trinajstić information content (AvgIpc) is 3.41. The van der Waals surface area contributed by atoms with Crippen molar-refractivity contribution < 1.29 is 18.8 Å². The number of carbonyl (C=O) groups excluding carboxylic acids is 1. The molecule has 0 aliphatic rings. The van der Waals surface area contributed by atoms with Gasteiger partial charge in [-0.1, -0.05) is 28.9 Å². The summed E-state index contributed by atoms with van der Waals surface area (Å²) >= 11 is 5.96. The number of benzene rings is 2. The molecule has 0 aliphatic heterocycles. The lowest BCUT2D eigenvalue weighted by Gasteiger charge is -2.07. The lowest BCUT2D eigenvalue weighted by atomic mass is 10.1. The Hall–Kier alpha value is -3.78. The maximum atomic E-state index is 12.9. The zero-order valence-electron chi connectivity index (χ0n) is 18.7. The van der Waals surface area contributed by atoms with Crippen molar-refractivity contribution in [3.63, 3.8) is 0 Å². The molecule has 0 spiro atoms. The van der Waals surface area contributed by atoms with E-state index in [1.165, 1.54) is 0 Å². The second kappa shape index (κ2) is 9.38. The Kier molecular flexibility index (Phi) is 6.37. The standard InChI is InChI=1S/C24H23ClN4O4/c1-14-23(15(2)29(27-14)13-16-5-8-18(25)9-6-16)26-24(30)19-12-21(33-28-19)17-7-10-20(31-3)22(11-17)32-4/h5-12H,13H2,1-4H3,(H,26,30). The van der Waals surface area contributed by atoms with Crippen molar-refractivity contribution in [2.24, 2.45) is 0 Å². The summed E-state index contributed by atoms with van der Waals surface area (Å²) in [4.78, 5) is 12.9. The van der Waals surface area contributed by atoms with Gasteiger partial charge in [0.1, 0.15) is 0 Å². The smallest absolute Gasteiger partial charge is 0.277 e. The molecule has 0 unspecified atom stereocenters. The molecule has 0 radical (unpaired) electrons. The van der Waals surface area contributed by atoms with Crippen LogP contribution in [0.15, 0.2) is 53.1 Å². The summed E-state index contributed by atoms with van der Waals surface area (Å²) in [5, 5.41) is 12.1. The first-order valence-electron chi connectivity index (χ1n) is 10.2. The Bertz CT molecular complexity index is 1290. The number of aromatic nitrogens is 3. The number of aryl methyl sites for hydroxylation is 1. The van der Waals surface area contributed by atoms with Crippen LogP contribution >= 0.6 is 11.6 Å². The second-order valence-electron chi connectivity index (χ2n) is 7.43. The molecule has 1 N–H and O–H groups in total.